The molecule has 1 fully saturated rings. The molecule has 11 heteroatoms. The Morgan fingerprint density at radius 1 is 1.15 bits per heavy atom. The third kappa shape index (κ3) is 6.18. The summed E-state index contributed by atoms with van der Waals surface area (Å²) in [5, 5.41) is 15.3. The van der Waals surface area contributed by atoms with Crippen LogP contribution in [0.2, 0.25) is 0 Å². The molecule has 1 aromatic heterocycles. The summed E-state index contributed by atoms with van der Waals surface area (Å²) in [4.78, 5) is 29.8. The molecule has 1 aliphatic heterocycles. The molecule has 0 bridgehead atoms. The number of carbonyl (C=O) groups excluding carboxylic acids is 1. The van der Waals surface area contributed by atoms with Crippen LogP contribution in [0.25, 0.3) is 0 Å². The molecule has 2 heterocycles. The molecule has 1 aliphatic rings. The number of hydrogen-bond acceptors (Lipinski definition) is 8. The van der Waals surface area contributed by atoms with Crippen LogP contribution in [0.5, 0.6) is 11.5 Å². The van der Waals surface area contributed by atoms with Gasteiger partial charge in [-0.2, -0.15) is 0 Å². The number of halogens is 1. The number of nitrogens with one attached hydrogen (secondary N) is 2. The Bertz CT molecular complexity index is 1050. The Morgan fingerprint density at radius 3 is 2.35 bits per heavy atom. The summed E-state index contributed by atoms with van der Waals surface area (Å²) in [6.45, 7) is 6.01. The number of anilines is 3. The summed E-state index contributed by atoms with van der Waals surface area (Å²) in [6, 6.07) is 5.59. The maximum Gasteiger partial charge on any atom is 0.407 e. The summed E-state index contributed by atoms with van der Waals surface area (Å²) in [7, 11) is 2.98. The number of amides is 1. The van der Waals surface area contributed by atoms with Crippen molar-refractivity contribution in [3.8, 4) is 11.5 Å². The number of pyridine rings is 1. The summed E-state index contributed by atoms with van der Waals surface area (Å²) in [6.07, 6.45) is 0.00000154. The van der Waals surface area contributed by atoms with Crippen molar-refractivity contribution in [3.05, 3.63) is 35.6 Å². The van der Waals surface area contributed by atoms with E-state index in [9.17, 15) is 19.1 Å². The number of methoxy groups -OCH3 is 2. The van der Waals surface area contributed by atoms with Gasteiger partial charge in [0.15, 0.2) is 11.6 Å². The molecule has 184 valence electrons. The van der Waals surface area contributed by atoms with E-state index in [4.69, 9.17) is 14.2 Å². The third-order valence-corrected chi connectivity index (χ3v) is 5.01. The zero-order valence-corrected chi connectivity index (χ0v) is 19.8. The first kappa shape index (κ1) is 24.9. The lowest BCUT2D eigenvalue weighted by atomic mass is 10.2. The molecule has 10 nitrogen and oxygen atoms in total. The van der Waals surface area contributed by atoms with Crippen LogP contribution < -0.4 is 25.0 Å². The van der Waals surface area contributed by atoms with Gasteiger partial charge in [0.25, 0.3) is 0 Å². The second-order valence-electron chi connectivity index (χ2n) is 8.80. The molecule has 0 aliphatic carbocycles. The number of ether oxygens (including phenoxy) is 3. The zero-order chi connectivity index (χ0) is 25.0. The van der Waals surface area contributed by atoms with Crippen LogP contribution in [0.4, 0.5) is 26.5 Å². The van der Waals surface area contributed by atoms with Gasteiger partial charge in [0, 0.05) is 37.0 Å². The molecule has 0 saturated carbocycles. The van der Waals surface area contributed by atoms with Crippen molar-refractivity contribution in [3.63, 3.8) is 0 Å². The van der Waals surface area contributed by atoms with Crippen molar-refractivity contribution >= 4 is 29.4 Å². The van der Waals surface area contributed by atoms with Gasteiger partial charge in [-0.25, -0.2) is 19.0 Å². The predicted octanol–water partition coefficient (Wildman–Crippen LogP) is 3.78. The van der Waals surface area contributed by atoms with Gasteiger partial charge in [-0.15, -0.1) is 0 Å². The monoisotopic (exact) mass is 476 g/mol. The molecular weight excluding hydrogens is 447 g/mol. The number of carboxylic acid groups (broad SMARTS) is 1. The highest BCUT2D eigenvalue weighted by Crippen LogP contribution is 2.31. The van der Waals surface area contributed by atoms with E-state index < -0.39 is 23.5 Å². The second-order valence-corrected chi connectivity index (χ2v) is 8.80. The highest BCUT2D eigenvalue weighted by atomic mass is 19.1. The fourth-order valence-electron chi connectivity index (χ4n) is 3.52. The normalized spacial score (nSPS) is 15.6. The predicted molar refractivity (Wildman–Crippen MR) is 124 cm³/mol. The number of rotatable bonds is 7. The average molecular weight is 477 g/mol. The molecule has 0 radical (unpaired) electrons. The fourth-order valence-corrected chi connectivity index (χ4v) is 3.52. The summed E-state index contributed by atoms with van der Waals surface area (Å²) < 4.78 is 30.6. The molecular formula is C23H29FN4O6. The minimum absolute atomic E-state index is 0.0177. The van der Waals surface area contributed by atoms with Gasteiger partial charge in [-0.1, -0.05) is 0 Å². The smallest absolute Gasteiger partial charge is 0.407 e. The Kier molecular flexibility index (Phi) is 7.33. The van der Waals surface area contributed by atoms with Crippen molar-refractivity contribution in [2.45, 2.75) is 38.8 Å². The average Bonchev–Trinajstić information content (AvgIpc) is 3.20. The lowest BCUT2D eigenvalue weighted by Gasteiger charge is -2.23. The van der Waals surface area contributed by atoms with E-state index in [1.54, 1.807) is 43.9 Å². The molecule has 1 atom stereocenters. The van der Waals surface area contributed by atoms with Gasteiger partial charge >= 0.3 is 12.1 Å². The molecule has 1 saturated heterocycles. The van der Waals surface area contributed by atoms with E-state index in [0.717, 1.165) is 6.07 Å². The van der Waals surface area contributed by atoms with Gasteiger partial charge in [0.05, 0.1) is 20.3 Å². The quantitative estimate of drug-likeness (QED) is 0.548. The standard InChI is InChI=1S/C23H29FN4O6/c1-23(2,3)34-22(31)26-13-6-7-28(12-13)20-18(24)11-17(21(29)30)19(27-20)25-14-8-15(32-4)10-16(9-14)33-5/h8-11,13H,6-7,12H2,1-5H3,(H,25,27)(H,26,31)(H,29,30)/t13-/m1/s1. The Balaban J connectivity index is 1.84. The van der Waals surface area contributed by atoms with Crippen LogP contribution >= 0.6 is 0 Å². The van der Waals surface area contributed by atoms with Crippen LogP contribution in [0.3, 0.4) is 0 Å². The number of nitrogens with zero attached hydrogens (tertiary/aromatic N) is 2. The lowest BCUT2D eigenvalue weighted by Crippen LogP contribution is -2.40. The molecule has 34 heavy (non-hydrogen) atoms. The fraction of sp³-hybridized carbons (Fsp3) is 0.435. The van der Waals surface area contributed by atoms with Crippen molar-refractivity contribution < 1.29 is 33.3 Å². The van der Waals surface area contributed by atoms with Crippen molar-refractivity contribution in [1.29, 1.82) is 0 Å². The second kappa shape index (κ2) is 10.0. The Hall–Kier alpha value is -3.76. The van der Waals surface area contributed by atoms with Crippen LogP contribution in [-0.2, 0) is 4.74 Å². The highest BCUT2D eigenvalue weighted by Gasteiger charge is 2.30. The number of hydrogen-bond donors (Lipinski definition) is 3. The Labute approximate surface area is 197 Å². The van der Waals surface area contributed by atoms with E-state index in [-0.39, 0.29) is 23.2 Å². The van der Waals surface area contributed by atoms with Gasteiger partial charge in [-0.05, 0) is 33.3 Å². The molecule has 2 aromatic rings. The molecule has 3 rings (SSSR count). The van der Waals surface area contributed by atoms with E-state index in [0.29, 0.717) is 36.7 Å². The first-order valence-electron chi connectivity index (χ1n) is 10.7. The van der Waals surface area contributed by atoms with E-state index >= 15 is 0 Å². The summed E-state index contributed by atoms with van der Waals surface area (Å²) >= 11 is 0. The lowest BCUT2D eigenvalue weighted by molar-refractivity contribution is 0.0508. The van der Waals surface area contributed by atoms with Gasteiger partial charge < -0.3 is 34.9 Å². The van der Waals surface area contributed by atoms with Gasteiger partial charge in [0.2, 0.25) is 0 Å². The molecule has 3 N–H and O–H groups in total. The van der Waals surface area contributed by atoms with Crippen LogP contribution in [0, 0.1) is 5.82 Å². The SMILES string of the molecule is COc1cc(Nc2nc(N3CC[C@@H](NC(=O)OC(C)(C)C)C3)c(F)cc2C(=O)O)cc(OC)c1. The van der Waals surface area contributed by atoms with Crippen LogP contribution in [0.1, 0.15) is 37.6 Å². The number of carboxylic acids is 1. The van der Waals surface area contributed by atoms with Crippen molar-refractivity contribution in [2.75, 3.05) is 37.5 Å². The van der Waals surface area contributed by atoms with Gasteiger partial charge in [-0.3, -0.25) is 0 Å². The number of carbonyl (C=O) groups is 2. The van der Waals surface area contributed by atoms with E-state index in [1.807, 2.05) is 0 Å². The maximum atomic E-state index is 14.9. The Morgan fingerprint density at radius 2 is 1.79 bits per heavy atom. The van der Waals surface area contributed by atoms with E-state index in [2.05, 4.69) is 15.6 Å². The van der Waals surface area contributed by atoms with Crippen LogP contribution in [0.15, 0.2) is 24.3 Å². The highest BCUT2D eigenvalue weighted by molar-refractivity contribution is 5.94. The van der Waals surface area contributed by atoms with Crippen LogP contribution in [-0.4, -0.2) is 61.1 Å². The summed E-state index contributed by atoms with van der Waals surface area (Å²) in [5.41, 5.74) is -0.508. The number of benzene rings is 1. The number of aromatic carboxylic acids is 1. The minimum atomic E-state index is -1.33. The molecule has 1 amide bonds. The number of alkyl carbamates (subject to hydrolysis) is 1. The van der Waals surface area contributed by atoms with E-state index in [1.165, 1.54) is 14.2 Å². The molecule has 0 unspecified atom stereocenters. The maximum absolute atomic E-state index is 14.9. The minimum Gasteiger partial charge on any atom is -0.497 e. The van der Waals surface area contributed by atoms with Gasteiger partial charge in [0.1, 0.15) is 28.5 Å². The number of aromatic nitrogens is 1. The third-order valence-electron chi connectivity index (χ3n) is 5.01. The molecule has 1 aromatic carbocycles. The first-order valence-corrected chi connectivity index (χ1v) is 10.7. The van der Waals surface area contributed by atoms with Crippen molar-refractivity contribution in [1.82, 2.24) is 10.3 Å². The summed E-state index contributed by atoms with van der Waals surface area (Å²) in [5.74, 6) is -1.20. The zero-order valence-electron chi connectivity index (χ0n) is 19.8. The largest absolute Gasteiger partial charge is 0.497 e. The first-order chi connectivity index (χ1) is 16.0. The topological polar surface area (TPSA) is 122 Å². The van der Waals surface area contributed by atoms with Crippen molar-refractivity contribution in [2.24, 2.45) is 0 Å². The molecule has 0 spiro atoms.